The summed E-state index contributed by atoms with van der Waals surface area (Å²) in [7, 11) is 0. The highest BCUT2D eigenvalue weighted by atomic mass is 35.5. The van der Waals surface area contributed by atoms with E-state index in [9.17, 15) is 4.79 Å². The Kier molecular flexibility index (Phi) is 4.20. The van der Waals surface area contributed by atoms with Crippen LogP contribution in [0.15, 0.2) is 12.1 Å². The highest BCUT2D eigenvalue weighted by Crippen LogP contribution is 2.22. The second-order valence-electron chi connectivity index (χ2n) is 5.99. The number of rotatable bonds is 2. The average Bonchev–Trinajstić information content (AvgIpc) is 2.37. The van der Waals surface area contributed by atoms with Gasteiger partial charge in [-0.1, -0.05) is 11.6 Å². The van der Waals surface area contributed by atoms with E-state index in [4.69, 9.17) is 16.7 Å². The molecule has 0 aromatic carbocycles. The van der Waals surface area contributed by atoms with Gasteiger partial charge in [0.15, 0.2) is 0 Å². The van der Waals surface area contributed by atoms with Crippen LogP contribution in [0.2, 0.25) is 5.15 Å². The van der Waals surface area contributed by atoms with Crippen LogP contribution in [0, 0.1) is 0 Å². The number of halogens is 1. The summed E-state index contributed by atoms with van der Waals surface area (Å²) in [4.78, 5) is 19.8. The van der Waals surface area contributed by atoms with Gasteiger partial charge < -0.3 is 10.0 Å². The van der Waals surface area contributed by atoms with Crippen molar-refractivity contribution in [3.05, 3.63) is 22.8 Å². The molecule has 0 atom stereocenters. The van der Waals surface area contributed by atoms with Crippen molar-refractivity contribution in [2.75, 3.05) is 31.1 Å². The van der Waals surface area contributed by atoms with E-state index >= 15 is 0 Å². The van der Waals surface area contributed by atoms with E-state index in [2.05, 4.69) is 35.6 Å². The molecule has 1 aliphatic heterocycles. The first-order valence-corrected chi connectivity index (χ1v) is 7.06. The number of hydrogen-bond acceptors (Lipinski definition) is 4. The molecule has 1 N–H and O–H groups in total. The topological polar surface area (TPSA) is 56.7 Å². The molecule has 20 heavy (non-hydrogen) atoms. The normalized spacial score (nSPS) is 17.3. The summed E-state index contributed by atoms with van der Waals surface area (Å²) in [5.41, 5.74) is 0.332. The Balaban J connectivity index is 2.13. The largest absolute Gasteiger partial charge is 0.478 e. The molecule has 1 fully saturated rings. The SMILES string of the molecule is CC(C)(C)N1CCN(c2cc(C(=O)O)cc(Cl)n2)CC1. The molecule has 0 unspecified atom stereocenters. The first kappa shape index (κ1) is 15.1. The Morgan fingerprint density at radius 3 is 2.35 bits per heavy atom. The van der Waals surface area contributed by atoms with Crippen molar-refractivity contribution in [2.45, 2.75) is 26.3 Å². The summed E-state index contributed by atoms with van der Waals surface area (Å²) >= 11 is 5.90. The molecular weight excluding hydrogens is 278 g/mol. The lowest BCUT2D eigenvalue weighted by Gasteiger charge is -2.42. The van der Waals surface area contributed by atoms with Crippen LogP contribution in [-0.4, -0.2) is 52.7 Å². The lowest BCUT2D eigenvalue weighted by atomic mass is 10.0. The van der Waals surface area contributed by atoms with Crippen LogP contribution in [0.4, 0.5) is 5.82 Å². The number of piperazine rings is 1. The van der Waals surface area contributed by atoms with Crippen LogP contribution in [0.3, 0.4) is 0 Å². The molecule has 1 aliphatic rings. The van der Waals surface area contributed by atoms with Crippen molar-refractivity contribution in [3.8, 4) is 0 Å². The van der Waals surface area contributed by atoms with Gasteiger partial charge in [0.2, 0.25) is 0 Å². The van der Waals surface area contributed by atoms with Crippen LogP contribution < -0.4 is 4.90 Å². The number of hydrogen-bond donors (Lipinski definition) is 1. The van der Waals surface area contributed by atoms with Gasteiger partial charge in [-0.15, -0.1) is 0 Å². The minimum absolute atomic E-state index is 0.153. The fraction of sp³-hybridized carbons (Fsp3) is 0.571. The van der Waals surface area contributed by atoms with Crippen molar-refractivity contribution >= 4 is 23.4 Å². The van der Waals surface area contributed by atoms with Crippen LogP contribution in [-0.2, 0) is 0 Å². The molecule has 0 saturated carbocycles. The van der Waals surface area contributed by atoms with E-state index in [1.807, 2.05) is 0 Å². The Morgan fingerprint density at radius 2 is 1.85 bits per heavy atom. The van der Waals surface area contributed by atoms with E-state index in [0.29, 0.717) is 5.82 Å². The van der Waals surface area contributed by atoms with E-state index in [0.717, 1.165) is 26.2 Å². The van der Waals surface area contributed by atoms with E-state index in [-0.39, 0.29) is 16.3 Å². The number of carboxylic acids is 1. The standard InChI is InChI=1S/C14H20ClN3O2/c1-14(2,3)18-6-4-17(5-7-18)12-9-10(13(19)20)8-11(15)16-12/h8-9H,4-7H2,1-3H3,(H,19,20). The molecule has 110 valence electrons. The molecule has 5 nitrogen and oxygen atoms in total. The van der Waals surface area contributed by atoms with Gasteiger partial charge in [0.05, 0.1) is 5.56 Å². The maximum atomic E-state index is 11.1. The average molecular weight is 298 g/mol. The van der Waals surface area contributed by atoms with Gasteiger partial charge in [-0.25, -0.2) is 9.78 Å². The maximum absolute atomic E-state index is 11.1. The van der Waals surface area contributed by atoms with E-state index in [1.54, 1.807) is 6.07 Å². The predicted octanol–water partition coefficient (Wildman–Crippen LogP) is 2.35. The Labute approximate surface area is 124 Å². The van der Waals surface area contributed by atoms with Gasteiger partial charge >= 0.3 is 5.97 Å². The first-order chi connectivity index (χ1) is 9.27. The zero-order valence-corrected chi connectivity index (χ0v) is 12.8. The minimum atomic E-state index is -0.983. The third-order valence-electron chi connectivity index (χ3n) is 3.58. The molecule has 1 aromatic heterocycles. The molecule has 0 bridgehead atoms. The first-order valence-electron chi connectivity index (χ1n) is 6.68. The van der Waals surface area contributed by atoms with E-state index < -0.39 is 5.97 Å². The van der Waals surface area contributed by atoms with Gasteiger partial charge in [0.25, 0.3) is 0 Å². The fourth-order valence-corrected chi connectivity index (χ4v) is 2.58. The van der Waals surface area contributed by atoms with Crippen LogP contribution >= 0.6 is 11.6 Å². The van der Waals surface area contributed by atoms with E-state index in [1.165, 1.54) is 6.07 Å². The van der Waals surface area contributed by atoms with Crippen molar-refractivity contribution in [1.82, 2.24) is 9.88 Å². The van der Waals surface area contributed by atoms with Gasteiger partial charge in [-0.3, -0.25) is 4.90 Å². The molecule has 0 amide bonds. The number of anilines is 1. The Bertz CT molecular complexity index is 506. The lowest BCUT2D eigenvalue weighted by Crippen LogP contribution is -2.53. The van der Waals surface area contributed by atoms with Crippen molar-refractivity contribution in [1.29, 1.82) is 0 Å². The highest BCUT2D eigenvalue weighted by Gasteiger charge is 2.26. The maximum Gasteiger partial charge on any atom is 0.335 e. The molecule has 0 radical (unpaired) electrons. The molecule has 1 aromatic rings. The van der Waals surface area contributed by atoms with Gasteiger partial charge in [-0.2, -0.15) is 0 Å². The highest BCUT2D eigenvalue weighted by molar-refractivity contribution is 6.29. The third-order valence-corrected chi connectivity index (χ3v) is 3.77. The summed E-state index contributed by atoms with van der Waals surface area (Å²) in [5, 5.41) is 9.29. The predicted molar refractivity (Wildman–Crippen MR) is 79.7 cm³/mol. The van der Waals surface area contributed by atoms with Crippen molar-refractivity contribution in [3.63, 3.8) is 0 Å². The zero-order chi connectivity index (χ0) is 14.9. The minimum Gasteiger partial charge on any atom is -0.478 e. The summed E-state index contributed by atoms with van der Waals surface area (Å²) in [6.07, 6.45) is 0. The number of aromatic nitrogens is 1. The molecule has 2 heterocycles. The number of pyridine rings is 1. The number of nitrogens with zero attached hydrogens (tertiary/aromatic N) is 3. The van der Waals surface area contributed by atoms with Gasteiger partial charge in [0, 0.05) is 31.7 Å². The molecule has 0 spiro atoms. The summed E-state index contributed by atoms with van der Waals surface area (Å²) in [5.74, 6) is -0.340. The second kappa shape index (κ2) is 5.58. The quantitative estimate of drug-likeness (QED) is 0.849. The zero-order valence-electron chi connectivity index (χ0n) is 12.1. The van der Waals surface area contributed by atoms with Gasteiger partial charge in [0.1, 0.15) is 11.0 Å². The molecule has 6 heteroatoms. The van der Waals surface area contributed by atoms with Crippen LogP contribution in [0.5, 0.6) is 0 Å². The Morgan fingerprint density at radius 1 is 1.25 bits per heavy atom. The van der Waals surface area contributed by atoms with Gasteiger partial charge in [-0.05, 0) is 32.9 Å². The van der Waals surface area contributed by atoms with Crippen LogP contribution in [0.25, 0.3) is 0 Å². The number of aromatic carboxylic acids is 1. The number of carboxylic acid groups (broad SMARTS) is 1. The summed E-state index contributed by atoms with van der Waals surface area (Å²) in [6.45, 7) is 10.1. The monoisotopic (exact) mass is 297 g/mol. The smallest absolute Gasteiger partial charge is 0.335 e. The molecule has 0 aliphatic carbocycles. The molecular formula is C14H20ClN3O2. The van der Waals surface area contributed by atoms with Crippen molar-refractivity contribution in [2.24, 2.45) is 0 Å². The Hall–Kier alpha value is -1.33. The third kappa shape index (κ3) is 3.41. The summed E-state index contributed by atoms with van der Waals surface area (Å²) in [6, 6.07) is 2.96. The summed E-state index contributed by atoms with van der Waals surface area (Å²) < 4.78 is 0. The lowest BCUT2D eigenvalue weighted by molar-refractivity contribution is 0.0697. The molecule has 2 rings (SSSR count). The van der Waals surface area contributed by atoms with Crippen molar-refractivity contribution < 1.29 is 9.90 Å². The van der Waals surface area contributed by atoms with Crippen LogP contribution in [0.1, 0.15) is 31.1 Å². The fourth-order valence-electron chi connectivity index (χ4n) is 2.37. The number of carbonyl (C=O) groups is 1. The second-order valence-corrected chi connectivity index (χ2v) is 6.37. The molecule has 1 saturated heterocycles.